The van der Waals surface area contributed by atoms with Crippen LogP contribution in [0.2, 0.25) is 58.9 Å². The molecule has 2 unspecified atom stereocenters. The van der Waals surface area contributed by atoms with Crippen molar-refractivity contribution in [2.24, 2.45) is 0 Å². The van der Waals surface area contributed by atoms with Crippen molar-refractivity contribution in [3.63, 3.8) is 0 Å². The fraction of sp³-hybridized carbons (Fsp3) is 0.750. The van der Waals surface area contributed by atoms with Crippen molar-refractivity contribution in [3.8, 4) is 0 Å². The smallest absolute Gasteiger partial charge is 0.342 e. The molecule has 38 heavy (non-hydrogen) atoms. The molecule has 0 aliphatic heterocycles. The second kappa shape index (κ2) is 14.4. The van der Waals surface area contributed by atoms with Crippen LogP contribution in [0.25, 0.3) is 0 Å². The van der Waals surface area contributed by atoms with Crippen LogP contribution in [0.4, 0.5) is 0 Å². The summed E-state index contributed by atoms with van der Waals surface area (Å²) in [5.74, 6) is -0.504. The van der Waals surface area contributed by atoms with E-state index in [1.807, 2.05) is 65.8 Å². The van der Waals surface area contributed by atoms with Crippen LogP contribution in [0.3, 0.4) is 0 Å². The standard InChI is InChI=1S/C28H57O6PSi3/c1-16-27(5,22-18-21-25(4)20-17-19-24(2)3)31-26(29)23-28(6,32-36(7,8)9)35(30,33-37(10,11)12)34-38(13,14)15/h16,19,21H,1,17-18,20,22-23H2,2-15H3/b25-21+. The van der Waals surface area contributed by atoms with Crippen LogP contribution in [-0.2, 0) is 26.9 Å². The van der Waals surface area contributed by atoms with E-state index >= 15 is 0 Å². The average molecular weight is 605 g/mol. The first-order valence-corrected chi connectivity index (χ1v) is 25.5. The van der Waals surface area contributed by atoms with Crippen molar-refractivity contribution in [3.05, 3.63) is 36.0 Å². The Bertz CT molecular complexity index is 887. The molecule has 0 aliphatic carbocycles. The van der Waals surface area contributed by atoms with E-state index in [1.54, 1.807) is 13.0 Å². The van der Waals surface area contributed by atoms with E-state index < -0.39 is 49.5 Å². The molecular formula is C28H57O6PSi3. The van der Waals surface area contributed by atoms with Crippen LogP contribution < -0.4 is 0 Å². The summed E-state index contributed by atoms with van der Waals surface area (Å²) in [6.45, 7) is 31.6. The predicted octanol–water partition coefficient (Wildman–Crippen LogP) is 9.80. The third-order valence-electron chi connectivity index (χ3n) is 5.37. The molecule has 0 saturated heterocycles. The topological polar surface area (TPSA) is 71.1 Å². The molecule has 0 amide bonds. The maximum atomic E-state index is 14.6. The van der Waals surface area contributed by atoms with Gasteiger partial charge >= 0.3 is 13.6 Å². The SMILES string of the molecule is C=CC(C)(CC/C=C(\C)CCC=C(C)C)OC(=O)CC(C)(O[Si](C)(C)C)P(=O)(O[Si](C)(C)C)O[Si](C)(C)C. The molecule has 0 aromatic heterocycles. The average Bonchev–Trinajstić information content (AvgIpc) is 2.62. The molecule has 0 spiro atoms. The second-order valence-corrected chi connectivity index (χ2v) is 30.2. The summed E-state index contributed by atoms with van der Waals surface area (Å²) in [5.41, 5.74) is 1.77. The van der Waals surface area contributed by atoms with E-state index in [1.165, 1.54) is 11.1 Å². The molecule has 222 valence electrons. The molecule has 0 aliphatic rings. The minimum absolute atomic E-state index is 0.232. The van der Waals surface area contributed by atoms with Gasteiger partial charge in [-0.25, -0.2) is 0 Å². The lowest BCUT2D eigenvalue weighted by molar-refractivity contribution is -0.157. The summed E-state index contributed by atoms with van der Waals surface area (Å²) < 4.78 is 39.6. The van der Waals surface area contributed by atoms with Crippen molar-refractivity contribution in [1.29, 1.82) is 0 Å². The van der Waals surface area contributed by atoms with Gasteiger partial charge in [-0.1, -0.05) is 29.9 Å². The van der Waals surface area contributed by atoms with E-state index in [4.69, 9.17) is 17.6 Å². The number of ether oxygens (including phenoxy) is 1. The number of carbonyl (C=O) groups excluding carboxylic acids is 1. The molecule has 6 nitrogen and oxygen atoms in total. The van der Waals surface area contributed by atoms with E-state index in [0.29, 0.717) is 6.42 Å². The quantitative estimate of drug-likeness (QED) is 0.0712. The molecule has 0 saturated carbocycles. The Morgan fingerprint density at radius 2 is 1.34 bits per heavy atom. The van der Waals surface area contributed by atoms with Crippen LogP contribution >= 0.6 is 7.60 Å². The predicted molar refractivity (Wildman–Crippen MR) is 170 cm³/mol. The van der Waals surface area contributed by atoms with Gasteiger partial charge in [-0.15, -0.1) is 0 Å². The van der Waals surface area contributed by atoms with Crippen molar-refractivity contribution < 1.29 is 26.9 Å². The first-order valence-electron chi connectivity index (χ1n) is 13.7. The van der Waals surface area contributed by atoms with E-state index in [0.717, 1.165) is 19.3 Å². The van der Waals surface area contributed by atoms with Crippen molar-refractivity contribution >= 4 is 38.5 Å². The highest BCUT2D eigenvalue weighted by Gasteiger charge is 2.55. The molecule has 0 aromatic rings. The van der Waals surface area contributed by atoms with E-state index in [2.05, 4.69) is 39.5 Å². The minimum Gasteiger partial charge on any atom is -0.455 e. The number of hydrogen-bond acceptors (Lipinski definition) is 6. The van der Waals surface area contributed by atoms with E-state index in [-0.39, 0.29) is 6.42 Å². The fourth-order valence-corrected chi connectivity index (χ4v) is 14.6. The lowest BCUT2D eigenvalue weighted by Crippen LogP contribution is -2.47. The third kappa shape index (κ3) is 15.3. The van der Waals surface area contributed by atoms with Gasteiger partial charge in [0, 0.05) is 0 Å². The summed E-state index contributed by atoms with van der Waals surface area (Å²) in [6, 6.07) is 0. The third-order valence-corrected chi connectivity index (χ3v) is 14.3. The summed E-state index contributed by atoms with van der Waals surface area (Å²) >= 11 is 0. The van der Waals surface area contributed by atoms with Gasteiger partial charge in [0.25, 0.3) is 0 Å². The number of esters is 1. The molecule has 0 aromatic carbocycles. The summed E-state index contributed by atoms with van der Waals surface area (Å²) in [6.07, 6.45) is 9.26. The fourth-order valence-electron chi connectivity index (χ4n) is 3.84. The van der Waals surface area contributed by atoms with Crippen LogP contribution in [0.1, 0.15) is 66.7 Å². The highest BCUT2D eigenvalue weighted by Crippen LogP contribution is 2.65. The summed E-state index contributed by atoms with van der Waals surface area (Å²) in [5, 5.41) is -1.46. The number of carbonyl (C=O) groups is 1. The highest BCUT2D eigenvalue weighted by molar-refractivity contribution is 7.58. The summed E-state index contributed by atoms with van der Waals surface area (Å²) in [7, 11) is -10.8. The number of allylic oxidation sites excluding steroid dienone is 4. The zero-order valence-corrected chi connectivity index (χ0v) is 30.8. The second-order valence-electron chi connectivity index (χ2n) is 13.9. The number of hydrogen-bond donors (Lipinski definition) is 0. The summed E-state index contributed by atoms with van der Waals surface area (Å²) in [4.78, 5) is 13.4. The van der Waals surface area contributed by atoms with Gasteiger partial charge in [0.2, 0.25) is 0 Å². The van der Waals surface area contributed by atoms with Crippen LogP contribution in [0.5, 0.6) is 0 Å². The molecule has 0 N–H and O–H groups in total. The Labute approximate surface area is 237 Å². The van der Waals surface area contributed by atoms with E-state index in [9.17, 15) is 9.36 Å². The van der Waals surface area contributed by atoms with Gasteiger partial charge in [-0.2, -0.15) is 0 Å². The molecule has 10 heteroatoms. The van der Waals surface area contributed by atoms with Gasteiger partial charge < -0.3 is 17.6 Å². The molecule has 0 bridgehead atoms. The zero-order chi connectivity index (χ0) is 30.2. The van der Waals surface area contributed by atoms with Crippen molar-refractivity contribution in [2.75, 3.05) is 0 Å². The highest BCUT2D eigenvalue weighted by atomic mass is 31.2. The Morgan fingerprint density at radius 3 is 1.74 bits per heavy atom. The molecule has 0 fully saturated rings. The minimum atomic E-state index is -3.87. The lowest BCUT2D eigenvalue weighted by atomic mass is 9.98. The van der Waals surface area contributed by atoms with Crippen LogP contribution in [-0.4, -0.2) is 41.9 Å². The largest absolute Gasteiger partial charge is 0.455 e. The monoisotopic (exact) mass is 604 g/mol. The number of rotatable bonds is 17. The Balaban J connectivity index is 5.94. The van der Waals surface area contributed by atoms with Gasteiger partial charge in [0.1, 0.15) is 5.60 Å². The Morgan fingerprint density at radius 1 is 0.842 bits per heavy atom. The molecule has 0 radical (unpaired) electrons. The maximum Gasteiger partial charge on any atom is 0.342 e. The van der Waals surface area contributed by atoms with Crippen LogP contribution in [0.15, 0.2) is 36.0 Å². The Hall–Kier alpha value is -0.549. The van der Waals surface area contributed by atoms with Gasteiger partial charge in [0.05, 0.1) is 6.42 Å². The van der Waals surface area contributed by atoms with Crippen LogP contribution in [0, 0.1) is 0 Å². The van der Waals surface area contributed by atoms with Crippen molar-refractivity contribution in [2.45, 2.75) is 137 Å². The first-order chi connectivity index (χ1) is 16.8. The maximum absolute atomic E-state index is 14.6. The zero-order valence-electron chi connectivity index (χ0n) is 26.9. The normalized spacial score (nSPS) is 16.8. The molecular weight excluding hydrogens is 548 g/mol. The molecule has 2 atom stereocenters. The van der Waals surface area contributed by atoms with Gasteiger partial charge in [0.15, 0.2) is 30.3 Å². The lowest BCUT2D eigenvalue weighted by Gasteiger charge is -2.44. The van der Waals surface area contributed by atoms with Gasteiger partial charge in [-0.3, -0.25) is 9.36 Å². The van der Waals surface area contributed by atoms with Crippen molar-refractivity contribution in [1.82, 2.24) is 0 Å². The van der Waals surface area contributed by atoms with Gasteiger partial charge in [-0.05, 0) is 125 Å². The molecule has 0 heterocycles. The Kier molecular flexibility index (Phi) is 14.2. The first kappa shape index (κ1) is 37.5. The molecule has 0 rings (SSSR count).